The van der Waals surface area contributed by atoms with Crippen molar-refractivity contribution in [1.29, 1.82) is 0 Å². The largest absolute Gasteiger partial charge is 0.389 e. The Morgan fingerprint density at radius 3 is 2.25 bits per heavy atom. The van der Waals surface area contributed by atoms with E-state index in [9.17, 15) is 5.11 Å². The van der Waals surface area contributed by atoms with Crippen molar-refractivity contribution in [3.05, 3.63) is 0 Å². The Bertz CT molecular complexity index is 188. The molecule has 0 aromatic carbocycles. The lowest BCUT2D eigenvalue weighted by atomic mass is 9.94. The molecule has 0 amide bonds. The van der Waals surface area contributed by atoms with Gasteiger partial charge in [0.15, 0.2) is 0 Å². The second kappa shape index (κ2) is 6.58. The van der Waals surface area contributed by atoms with E-state index in [1.165, 1.54) is 0 Å². The smallest absolute Gasteiger partial charge is 0.0746 e. The van der Waals surface area contributed by atoms with Gasteiger partial charge in [0.2, 0.25) is 0 Å². The summed E-state index contributed by atoms with van der Waals surface area (Å²) in [4.78, 5) is 0. The highest BCUT2D eigenvalue weighted by Gasteiger charge is 2.22. The maximum absolute atomic E-state index is 10.1. The lowest BCUT2D eigenvalue weighted by Gasteiger charge is -2.27. The van der Waals surface area contributed by atoms with Gasteiger partial charge in [-0.2, -0.15) is 0 Å². The summed E-state index contributed by atoms with van der Waals surface area (Å²) in [6.45, 7) is 11.8. The number of hydrogen-bond acceptors (Lipinski definition) is 3. The number of ether oxygens (including phenoxy) is 1. The molecule has 0 saturated carbocycles. The van der Waals surface area contributed by atoms with E-state index in [4.69, 9.17) is 4.74 Å². The fraction of sp³-hybridized carbons (Fsp3) is 1.00. The summed E-state index contributed by atoms with van der Waals surface area (Å²) < 4.78 is 5.33. The molecule has 0 heterocycles. The normalized spacial score (nSPS) is 16.5. The molecule has 0 fully saturated rings. The monoisotopic (exact) mass is 231 g/mol. The molecule has 1 atom stereocenters. The summed E-state index contributed by atoms with van der Waals surface area (Å²) in [7, 11) is 1.73. The molecule has 98 valence electrons. The third-order valence-electron chi connectivity index (χ3n) is 2.81. The highest BCUT2D eigenvalue weighted by molar-refractivity contribution is 4.78. The molecule has 0 aliphatic carbocycles. The molecular weight excluding hydrogens is 202 g/mol. The van der Waals surface area contributed by atoms with Gasteiger partial charge in [-0.3, -0.25) is 0 Å². The Kier molecular flexibility index (Phi) is 6.53. The molecule has 0 saturated heterocycles. The topological polar surface area (TPSA) is 41.5 Å². The van der Waals surface area contributed by atoms with Crippen LogP contribution in [0.2, 0.25) is 0 Å². The fourth-order valence-corrected chi connectivity index (χ4v) is 1.80. The van der Waals surface area contributed by atoms with Gasteiger partial charge in [0, 0.05) is 13.7 Å². The fourth-order valence-electron chi connectivity index (χ4n) is 1.80. The van der Waals surface area contributed by atoms with Crippen LogP contribution >= 0.6 is 0 Å². The van der Waals surface area contributed by atoms with E-state index in [2.05, 4.69) is 33.0 Å². The predicted molar refractivity (Wildman–Crippen MR) is 68.7 cm³/mol. The van der Waals surface area contributed by atoms with Crippen LogP contribution in [0.5, 0.6) is 0 Å². The summed E-state index contributed by atoms with van der Waals surface area (Å²) in [5, 5.41) is 13.4. The van der Waals surface area contributed by atoms with Crippen molar-refractivity contribution in [2.75, 3.05) is 20.2 Å². The molecule has 2 N–H and O–H groups in total. The van der Waals surface area contributed by atoms with Crippen LogP contribution in [0.15, 0.2) is 0 Å². The third-order valence-corrected chi connectivity index (χ3v) is 2.81. The first-order valence-electron chi connectivity index (χ1n) is 6.17. The van der Waals surface area contributed by atoms with E-state index in [-0.39, 0.29) is 5.60 Å². The first-order chi connectivity index (χ1) is 7.18. The Morgan fingerprint density at radius 1 is 1.25 bits per heavy atom. The molecule has 0 bridgehead atoms. The maximum Gasteiger partial charge on any atom is 0.0746 e. The highest BCUT2D eigenvalue weighted by Crippen LogP contribution is 2.15. The SMILES string of the molecule is COC(C)(C)CCNCC(C)(O)CC(C)C. The average molecular weight is 231 g/mol. The molecule has 16 heavy (non-hydrogen) atoms. The minimum Gasteiger partial charge on any atom is -0.389 e. The van der Waals surface area contributed by atoms with E-state index in [0.717, 1.165) is 19.4 Å². The number of rotatable bonds is 8. The second-order valence-electron chi connectivity index (χ2n) is 5.99. The van der Waals surface area contributed by atoms with E-state index in [1.54, 1.807) is 7.11 Å². The van der Waals surface area contributed by atoms with Crippen LogP contribution in [0.3, 0.4) is 0 Å². The molecule has 0 spiro atoms. The summed E-state index contributed by atoms with van der Waals surface area (Å²) in [6, 6.07) is 0. The van der Waals surface area contributed by atoms with Crippen LogP contribution in [-0.4, -0.2) is 36.5 Å². The van der Waals surface area contributed by atoms with Gasteiger partial charge in [0.25, 0.3) is 0 Å². The summed E-state index contributed by atoms with van der Waals surface area (Å²) in [5.74, 6) is 0.521. The van der Waals surface area contributed by atoms with E-state index in [0.29, 0.717) is 12.5 Å². The number of aliphatic hydroxyl groups is 1. The molecule has 0 aliphatic heterocycles. The zero-order chi connectivity index (χ0) is 12.8. The molecule has 0 radical (unpaired) electrons. The van der Waals surface area contributed by atoms with Crippen molar-refractivity contribution in [1.82, 2.24) is 5.32 Å². The van der Waals surface area contributed by atoms with E-state index >= 15 is 0 Å². The summed E-state index contributed by atoms with van der Waals surface area (Å²) >= 11 is 0. The van der Waals surface area contributed by atoms with Crippen LogP contribution in [-0.2, 0) is 4.74 Å². The second-order valence-corrected chi connectivity index (χ2v) is 5.99. The van der Waals surface area contributed by atoms with Gasteiger partial charge >= 0.3 is 0 Å². The lowest BCUT2D eigenvalue weighted by Crippen LogP contribution is -2.40. The summed E-state index contributed by atoms with van der Waals surface area (Å²) in [5.41, 5.74) is -0.692. The molecule has 0 aliphatic rings. The average Bonchev–Trinajstić information content (AvgIpc) is 2.11. The zero-order valence-electron chi connectivity index (χ0n) is 11.8. The maximum atomic E-state index is 10.1. The Balaban J connectivity index is 3.73. The Hall–Kier alpha value is -0.120. The van der Waals surface area contributed by atoms with Crippen molar-refractivity contribution in [2.45, 2.75) is 58.7 Å². The molecule has 3 heteroatoms. The van der Waals surface area contributed by atoms with Crippen LogP contribution in [0.4, 0.5) is 0 Å². The van der Waals surface area contributed by atoms with Gasteiger partial charge in [-0.25, -0.2) is 0 Å². The van der Waals surface area contributed by atoms with Gasteiger partial charge in [-0.1, -0.05) is 13.8 Å². The van der Waals surface area contributed by atoms with Crippen LogP contribution < -0.4 is 5.32 Å². The molecular formula is C13H29NO2. The minimum absolute atomic E-state index is 0.0864. The van der Waals surface area contributed by atoms with Crippen molar-refractivity contribution in [3.8, 4) is 0 Å². The van der Waals surface area contributed by atoms with Crippen LogP contribution in [0.1, 0.15) is 47.5 Å². The molecule has 0 aromatic heterocycles. The zero-order valence-corrected chi connectivity index (χ0v) is 11.8. The van der Waals surface area contributed by atoms with Crippen molar-refractivity contribution >= 4 is 0 Å². The predicted octanol–water partition coefficient (Wildman–Crippen LogP) is 2.19. The quantitative estimate of drug-likeness (QED) is 0.629. The first-order valence-corrected chi connectivity index (χ1v) is 6.17. The molecule has 1 unspecified atom stereocenters. The highest BCUT2D eigenvalue weighted by atomic mass is 16.5. The van der Waals surface area contributed by atoms with Gasteiger partial charge in [0.1, 0.15) is 0 Å². The van der Waals surface area contributed by atoms with Gasteiger partial charge in [-0.05, 0) is 46.1 Å². The van der Waals surface area contributed by atoms with Gasteiger partial charge < -0.3 is 15.2 Å². The van der Waals surface area contributed by atoms with Gasteiger partial charge in [0.05, 0.1) is 11.2 Å². The van der Waals surface area contributed by atoms with Crippen molar-refractivity contribution in [3.63, 3.8) is 0 Å². The minimum atomic E-state index is -0.606. The van der Waals surface area contributed by atoms with Crippen molar-refractivity contribution < 1.29 is 9.84 Å². The first kappa shape index (κ1) is 15.9. The number of nitrogens with one attached hydrogen (secondary N) is 1. The third kappa shape index (κ3) is 8.08. The molecule has 0 aromatic rings. The molecule has 3 nitrogen and oxygen atoms in total. The van der Waals surface area contributed by atoms with E-state index in [1.807, 2.05) is 6.92 Å². The summed E-state index contributed by atoms with van der Waals surface area (Å²) in [6.07, 6.45) is 1.77. The number of methoxy groups -OCH3 is 1. The standard InChI is InChI=1S/C13H29NO2/c1-11(2)9-13(5,15)10-14-8-7-12(3,4)16-6/h11,14-15H,7-10H2,1-6H3. The molecule has 0 rings (SSSR count). The van der Waals surface area contributed by atoms with Crippen LogP contribution in [0, 0.1) is 5.92 Å². The van der Waals surface area contributed by atoms with Gasteiger partial charge in [-0.15, -0.1) is 0 Å². The lowest BCUT2D eigenvalue weighted by molar-refractivity contribution is 0.0106. The Morgan fingerprint density at radius 2 is 1.81 bits per heavy atom. The van der Waals surface area contributed by atoms with Crippen LogP contribution in [0.25, 0.3) is 0 Å². The van der Waals surface area contributed by atoms with E-state index < -0.39 is 5.60 Å². The van der Waals surface area contributed by atoms with Crippen molar-refractivity contribution in [2.24, 2.45) is 5.92 Å². The Labute approximate surface area is 101 Å². The number of hydrogen-bond donors (Lipinski definition) is 2.